The van der Waals surface area contributed by atoms with Gasteiger partial charge in [0.05, 0.1) is 6.04 Å². The fourth-order valence-corrected chi connectivity index (χ4v) is 3.15. The zero-order valence-corrected chi connectivity index (χ0v) is 15.4. The van der Waals surface area contributed by atoms with E-state index in [1.807, 2.05) is 42.2 Å². The minimum atomic E-state index is -0.264. The molecule has 6 heteroatoms. The average molecular weight is 372 g/mol. The Kier molecular flexibility index (Phi) is 5.91. The Morgan fingerprint density at radius 1 is 0.962 bits per heavy atom. The molecule has 136 valence electrons. The van der Waals surface area contributed by atoms with E-state index in [1.165, 1.54) is 0 Å². The van der Waals surface area contributed by atoms with Crippen LogP contribution in [0.3, 0.4) is 0 Å². The lowest BCUT2D eigenvalue weighted by atomic mass is 10.1. The average Bonchev–Trinajstić information content (AvgIpc) is 2.69. The van der Waals surface area contributed by atoms with Crippen molar-refractivity contribution in [2.75, 3.05) is 31.5 Å². The van der Waals surface area contributed by atoms with Crippen LogP contribution in [0.4, 0.5) is 5.69 Å². The van der Waals surface area contributed by atoms with Crippen LogP contribution < -0.4 is 5.32 Å². The molecule has 1 N–H and O–H groups in total. The highest BCUT2D eigenvalue weighted by molar-refractivity contribution is 6.30. The zero-order chi connectivity index (χ0) is 18.5. The van der Waals surface area contributed by atoms with Crippen molar-refractivity contribution in [1.82, 2.24) is 9.80 Å². The molecule has 1 aliphatic heterocycles. The van der Waals surface area contributed by atoms with Gasteiger partial charge in [0.2, 0.25) is 5.91 Å². The monoisotopic (exact) mass is 371 g/mol. The van der Waals surface area contributed by atoms with Crippen LogP contribution >= 0.6 is 11.6 Å². The quantitative estimate of drug-likeness (QED) is 0.898. The predicted octanol–water partition coefficient (Wildman–Crippen LogP) is 3.13. The van der Waals surface area contributed by atoms with Gasteiger partial charge in [0.15, 0.2) is 0 Å². The van der Waals surface area contributed by atoms with Crippen molar-refractivity contribution in [1.29, 1.82) is 0 Å². The van der Waals surface area contributed by atoms with Crippen molar-refractivity contribution in [2.24, 2.45) is 0 Å². The number of piperazine rings is 1. The largest absolute Gasteiger partial charge is 0.336 e. The number of anilines is 1. The first kappa shape index (κ1) is 18.4. The lowest BCUT2D eigenvalue weighted by molar-refractivity contribution is -0.121. The van der Waals surface area contributed by atoms with Crippen LogP contribution in [0.5, 0.6) is 0 Å². The van der Waals surface area contributed by atoms with Crippen molar-refractivity contribution in [3.8, 4) is 0 Å². The number of hydrogen-bond donors (Lipinski definition) is 1. The molecule has 1 heterocycles. The normalized spacial score (nSPS) is 16.2. The first-order chi connectivity index (χ1) is 12.5. The minimum absolute atomic E-state index is 0.0449. The summed E-state index contributed by atoms with van der Waals surface area (Å²) in [6.07, 6.45) is 0. The van der Waals surface area contributed by atoms with Crippen molar-refractivity contribution in [2.45, 2.75) is 13.0 Å². The van der Waals surface area contributed by atoms with Gasteiger partial charge in [0, 0.05) is 42.5 Å². The summed E-state index contributed by atoms with van der Waals surface area (Å²) in [6.45, 7) is 4.47. The van der Waals surface area contributed by atoms with Crippen molar-refractivity contribution in [3.05, 3.63) is 65.2 Å². The second-order valence-electron chi connectivity index (χ2n) is 6.37. The van der Waals surface area contributed by atoms with Crippen LogP contribution in [0, 0.1) is 0 Å². The molecule has 0 radical (unpaired) electrons. The minimum Gasteiger partial charge on any atom is -0.336 e. The standard InChI is InChI=1S/C20H22ClN3O2/c1-15(19(25)22-18-9-7-17(21)8-10-18)23-11-13-24(14-12-23)20(26)16-5-3-2-4-6-16/h2-10,15H,11-14H2,1H3,(H,22,25)/t15-/m1/s1. The number of halogens is 1. The number of carbonyl (C=O) groups excluding carboxylic acids is 2. The molecular formula is C20H22ClN3O2. The fraction of sp³-hybridized carbons (Fsp3) is 0.300. The topological polar surface area (TPSA) is 52.7 Å². The number of nitrogens with one attached hydrogen (secondary N) is 1. The number of carbonyl (C=O) groups is 2. The summed E-state index contributed by atoms with van der Waals surface area (Å²) in [7, 11) is 0. The van der Waals surface area contributed by atoms with Gasteiger partial charge in [-0.2, -0.15) is 0 Å². The Balaban J connectivity index is 1.53. The molecule has 0 spiro atoms. The molecule has 1 atom stereocenters. The van der Waals surface area contributed by atoms with Gasteiger partial charge in [0.25, 0.3) is 5.91 Å². The first-order valence-corrected chi connectivity index (χ1v) is 9.07. The van der Waals surface area contributed by atoms with E-state index in [2.05, 4.69) is 10.2 Å². The van der Waals surface area contributed by atoms with Gasteiger partial charge in [-0.15, -0.1) is 0 Å². The van der Waals surface area contributed by atoms with Gasteiger partial charge in [-0.1, -0.05) is 29.8 Å². The number of rotatable bonds is 4. The van der Waals surface area contributed by atoms with Crippen molar-refractivity contribution in [3.63, 3.8) is 0 Å². The molecule has 0 bridgehead atoms. The molecular weight excluding hydrogens is 350 g/mol. The third-order valence-corrected chi connectivity index (χ3v) is 4.91. The van der Waals surface area contributed by atoms with Gasteiger partial charge in [-0.05, 0) is 43.3 Å². The first-order valence-electron chi connectivity index (χ1n) is 8.69. The predicted molar refractivity (Wildman–Crippen MR) is 103 cm³/mol. The lowest BCUT2D eigenvalue weighted by Crippen LogP contribution is -2.54. The van der Waals surface area contributed by atoms with E-state index in [4.69, 9.17) is 11.6 Å². The van der Waals surface area contributed by atoms with Crippen LogP contribution in [-0.2, 0) is 4.79 Å². The molecule has 3 rings (SSSR count). The maximum absolute atomic E-state index is 12.5. The molecule has 1 aliphatic rings. The van der Waals surface area contributed by atoms with E-state index in [9.17, 15) is 9.59 Å². The summed E-state index contributed by atoms with van der Waals surface area (Å²) < 4.78 is 0. The molecule has 5 nitrogen and oxygen atoms in total. The highest BCUT2D eigenvalue weighted by Gasteiger charge is 2.27. The van der Waals surface area contributed by atoms with Crippen molar-refractivity contribution < 1.29 is 9.59 Å². The molecule has 0 unspecified atom stereocenters. The van der Waals surface area contributed by atoms with Crippen LogP contribution in [-0.4, -0.2) is 53.8 Å². The number of hydrogen-bond acceptors (Lipinski definition) is 3. The molecule has 0 aromatic heterocycles. The van der Waals surface area contributed by atoms with E-state index in [0.29, 0.717) is 36.8 Å². The SMILES string of the molecule is C[C@H](C(=O)Nc1ccc(Cl)cc1)N1CCN(C(=O)c2ccccc2)CC1. The Hall–Kier alpha value is -2.37. The third-order valence-electron chi connectivity index (χ3n) is 4.66. The molecule has 26 heavy (non-hydrogen) atoms. The molecule has 2 aromatic carbocycles. The second kappa shape index (κ2) is 8.34. The summed E-state index contributed by atoms with van der Waals surface area (Å²) in [5.74, 6) is -0.0151. The Bertz CT molecular complexity index is 756. The van der Waals surface area contributed by atoms with E-state index >= 15 is 0 Å². The van der Waals surface area contributed by atoms with Crippen LogP contribution in [0.15, 0.2) is 54.6 Å². The highest BCUT2D eigenvalue weighted by atomic mass is 35.5. The summed E-state index contributed by atoms with van der Waals surface area (Å²) in [6, 6.07) is 16.1. The maximum atomic E-state index is 12.5. The molecule has 0 aliphatic carbocycles. The zero-order valence-electron chi connectivity index (χ0n) is 14.7. The lowest BCUT2D eigenvalue weighted by Gasteiger charge is -2.37. The van der Waals surface area contributed by atoms with E-state index < -0.39 is 0 Å². The van der Waals surface area contributed by atoms with Crippen LogP contribution in [0.25, 0.3) is 0 Å². The number of benzene rings is 2. The molecule has 0 saturated carbocycles. The van der Waals surface area contributed by atoms with Crippen LogP contribution in [0.1, 0.15) is 17.3 Å². The summed E-state index contributed by atoms with van der Waals surface area (Å²) >= 11 is 5.86. The van der Waals surface area contributed by atoms with Crippen molar-refractivity contribution >= 4 is 29.1 Å². The maximum Gasteiger partial charge on any atom is 0.253 e. The van der Waals surface area contributed by atoms with E-state index in [0.717, 1.165) is 5.69 Å². The Morgan fingerprint density at radius 3 is 2.19 bits per heavy atom. The molecule has 2 aromatic rings. The van der Waals surface area contributed by atoms with Gasteiger partial charge in [-0.25, -0.2) is 0 Å². The number of nitrogens with zero attached hydrogens (tertiary/aromatic N) is 2. The van der Waals surface area contributed by atoms with Crippen LogP contribution in [0.2, 0.25) is 5.02 Å². The molecule has 1 saturated heterocycles. The second-order valence-corrected chi connectivity index (χ2v) is 6.80. The van der Waals surface area contributed by atoms with E-state index in [1.54, 1.807) is 24.3 Å². The Labute approximate surface area is 158 Å². The van der Waals surface area contributed by atoms with Gasteiger partial charge >= 0.3 is 0 Å². The summed E-state index contributed by atoms with van der Waals surface area (Å²) in [5, 5.41) is 3.54. The fourth-order valence-electron chi connectivity index (χ4n) is 3.02. The summed E-state index contributed by atoms with van der Waals surface area (Å²) in [5.41, 5.74) is 1.43. The van der Waals surface area contributed by atoms with Gasteiger partial charge in [-0.3, -0.25) is 14.5 Å². The highest BCUT2D eigenvalue weighted by Crippen LogP contribution is 2.15. The third kappa shape index (κ3) is 4.42. The number of amides is 2. The van der Waals surface area contributed by atoms with Gasteiger partial charge in [0.1, 0.15) is 0 Å². The van der Waals surface area contributed by atoms with Gasteiger partial charge < -0.3 is 10.2 Å². The smallest absolute Gasteiger partial charge is 0.253 e. The van der Waals surface area contributed by atoms with E-state index in [-0.39, 0.29) is 17.9 Å². The Morgan fingerprint density at radius 2 is 1.58 bits per heavy atom. The summed E-state index contributed by atoms with van der Waals surface area (Å²) in [4.78, 5) is 28.9. The molecule has 2 amide bonds. The molecule has 1 fully saturated rings.